The van der Waals surface area contributed by atoms with Crippen LogP contribution in [0, 0.1) is 5.92 Å². The van der Waals surface area contributed by atoms with Crippen LogP contribution in [0.15, 0.2) is 18.3 Å². The topological polar surface area (TPSA) is 71.2 Å². The molecule has 1 amide bonds. The molecule has 1 aromatic rings. The van der Waals surface area contributed by atoms with E-state index in [1.54, 1.807) is 6.20 Å². The standard InChI is InChI=1S/C16H23ClN4O/c17-14-5-2-7-19-15(14)21-8-6-13(10-21)20-16(22)11-3-1-4-12(18)9-11/h2,5,7,11-13H,1,3-4,6,8-10,18H2,(H,20,22)/t11-,12+,13-/m0/s1. The molecule has 1 aromatic heterocycles. The largest absolute Gasteiger partial charge is 0.353 e. The maximum atomic E-state index is 12.4. The Bertz CT molecular complexity index is 539. The molecule has 2 aliphatic rings. The van der Waals surface area contributed by atoms with Crippen molar-refractivity contribution in [3.8, 4) is 0 Å². The number of amides is 1. The van der Waals surface area contributed by atoms with Gasteiger partial charge in [-0.05, 0) is 37.8 Å². The second-order valence-electron chi connectivity index (χ2n) is 6.37. The lowest BCUT2D eigenvalue weighted by atomic mass is 9.85. The number of hydrogen-bond acceptors (Lipinski definition) is 4. The summed E-state index contributed by atoms with van der Waals surface area (Å²) in [5, 5.41) is 3.84. The van der Waals surface area contributed by atoms with E-state index < -0.39 is 0 Å². The molecule has 2 fully saturated rings. The minimum atomic E-state index is 0.0799. The predicted octanol–water partition coefficient (Wildman–Crippen LogP) is 1.95. The van der Waals surface area contributed by atoms with Crippen molar-refractivity contribution in [2.45, 2.75) is 44.2 Å². The van der Waals surface area contributed by atoms with Gasteiger partial charge in [0, 0.05) is 37.3 Å². The first kappa shape index (κ1) is 15.6. The van der Waals surface area contributed by atoms with Gasteiger partial charge in [-0.25, -0.2) is 4.98 Å². The van der Waals surface area contributed by atoms with E-state index in [4.69, 9.17) is 17.3 Å². The van der Waals surface area contributed by atoms with E-state index in [0.29, 0.717) is 5.02 Å². The van der Waals surface area contributed by atoms with E-state index in [-0.39, 0.29) is 23.9 Å². The maximum absolute atomic E-state index is 12.4. The molecule has 0 bridgehead atoms. The molecular formula is C16H23ClN4O. The summed E-state index contributed by atoms with van der Waals surface area (Å²) in [6.45, 7) is 1.63. The summed E-state index contributed by atoms with van der Waals surface area (Å²) < 4.78 is 0. The molecule has 5 nitrogen and oxygen atoms in total. The molecule has 3 rings (SSSR count). The smallest absolute Gasteiger partial charge is 0.223 e. The van der Waals surface area contributed by atoms with Gasteiger partial charge in [0.2, 0.25) is 5.91 Å². The van der Waals surface area contributed by atoms with Gasteiger partial charge in [-0.2, -0.15) is 0 Å². The van der Waals surface area contributed by atoms with Crippen LogP contribution in [-0.2, 0) is 4.79 Å². The summed E-state index contributed by atoms with van der Waals surface area (Å²) >= 11 is 6.19. The summed E-state index contributed by atoms with van der Waals surface area (Å²) in [4.78, 5) is 18.9. The fourth-order valence-corrected chi connectivity index (χ4v) is 3.71. The van der Waals surface area contributed by atoms with Crippen LogP contribution in [0.5, 0.6) is 0 Å². The normalized spacial score (nSPS) is 28.6. The van der Waals surface area contributed by atoms with Crippen molar-refractivity contribution in [3.05, 3.63) is 23.4 Å². The number of nitrogens with two attached hydrogens (primary N) is 1. The van der Waals surface area contributed by atoms with Gasteiger partial charge >= 0.3 is 0 Å². The third-order valence-electron chi connectivity index (χ3n) is 4.66. The molecule has 0 radical (unpaired) electrons. The Labute approximate surface area is 136 Å². The zero-order valence-electron chi connectivity index (χ0n) is 12.7. The van der Waals surface area contributed by atoms with Crippen molar-refractivity contribution in [1.82, 2.24) is 10.3 Å². The Morgan fingerprint density at radius 3 is 3.05 bits per heavy atom. The van der Waals surface area contributed by atoms with E-state index >= 15 is 0 Å². The highest BCUT2D eigenvalue weighted by Crippen LogP contribution is 2.27. The first-order valence-electron chi connectivity index (χ1n) is 8.05. The van der Waals surface area contributed by atoms with Crippen LogP contribution in [0.3, 0.4) is 0 Å². The maximum Gasteiger partial charge on any atom is 0.223 e. The van der Waals surface area contributed by atoms with Gasteiger partial charge in [-0.15, -0.1) is 0 Å². The number of hydrogen-bond donors (Lipinski definition) is 2. The minimum absolute atomic E-state index is 0.0799. The summed E-state index contributed by atoms with van der Waals surface area (Å²) in [6.07, 6.45) is 6.54. The molecule has 3 atom stereocenters. The monoisotopic (exact) mass is 322 g/mol. The molecule has 1 saturated heterocycles. The molecular weight excluding hydrogens is 300 g/mol. The minimum Gasteiger partial charge on any atom is -0.353 e. The predicted molar refractivity (Wildman–Crippen MR) is 87.9 cm³/mol. The number of halogens is 1. The van der Waals surface area contributed by atoms with Gasteiger partial charge in [0.25, 0.3) is 0 Å². The molecule has 1 aliphatic heterocycles. The van der Waals surface area contributed by atoms with Crippen molar-refractivity contribution >= 4 is 23.3 Å². The highest BCUT2D eigenvalue weighted by atomic mass is 35.5. The number of carbonyl (C=O) groups excluding carboxylic acids is 1. The second-order valence-corrected chi connectivity index (χ2v) is 6.78. The van der Waals surface area contributed by atoms with E-state index in [2.05, 4.69) is 15.2 Å². The summed E-state index contributed by atoms with van der Waals surface area (Å²) in [5.74, 6) is 1.05. The SMILES string of the molecule is N[C@@H]1CCC[C@H](C(=O)N[C@H]2CCN(c3ncccc3Cl)C2)C1. The average molecular weight is 323 g/mol. The van der Waals surface area contributed by atoms with Crippen LogP contribution >= 0.6 is 11.6 Å². The molecule has 0 unspecified atom stereocenters. The molecule has 6 heteroatoms. The molecule has 2 heterocycles. The molecule has 120 valence electrons. The van der Waals surface area contributed by atoms with Crippen LogP contribution < -0.4 is 16.0 Å². The van der Waals surface area contributed by atoms with Gasteiger partial charge in [-0.3, -0.25) is 4.79 Å². The summed E-state index contributed by atoms with van der Waals surface area (Å²) in [6, 6.07) is 4.02. The number of rotatable bonds is 3. The average Bonchev–Trinajstić information content (AvgIpc) is 2.96. The third-order valence-corrected chi connectivity index (χ3v) is 4.95. The van der Waals surface area contributed by atoms with Gasteiger partial charge in [0.15, 0.2) is 0 Å². The fraction of sp³-hybridized carbons (Fsp3) is 0.625. The first-order valence-corrected chi connectivity index (χ1v) is 8.42. The van der Waals surface area contributed by atoms with Crippen molar-refractivity contribution in [1.29, 1.82) is 0 Å². The molecule has 1 saturated carbocycles. The van der Waals surface area contributed by atoms with Crippen molar-refractivity contribution in [3.63, 3.8) is 0 Å². The highest BCUT2D eigenvalue weighted by molar-refractivity contribution is 6.32. The number of pyridine rings is 1. The fourth-order valence-electron chi connectivity index (χ4n) is 3.47. The van der Waals surface area contributed by atoms with Crippen LogP contribution in [0.25, 0.3) is 0 Å². The molecule has 1 aliphatic carbocycles. The van der Waals surface area contributed by atoms with Gasteiger partial charge in [0.1, 0.15) is 5.82 Å². The Kier molecular flexibility index (Phi) is 4.84. The van der Waals surface area contributed by atoms with E-state index in [9.17, 15) is 4.79 Å². The zero-order chi connectivity index (χ0) is 15.5. The van der Waals surface area contributed by atoms with Crippen LogP contribution in [0.1, 0.15) is 32.1 Å². The van der Waals surface area contributed by atoms with Gasteiger partial charge in [0.05, 0.1) is 5.02 Å². The first-order chi connectivity index (χ1) is 10.6. The Balaban J connectivity index is 1.55. The number of nitrogens with one attached hydrogen (secondary N) is 1. The van der Waals surface area contributed by atoms with Crippen LogP contribution in [0.4, 0.5) is 5.82 Å². The van der Waals surface area contributed by atoms with E-state index in [1.807, 2.05) is 12.1 Å². The van der Waals surface area contributed by atoms with Gasteiger partial charge in [-0.1, -0.05) is 18.0 Å². The lowest BCUT2D eigenvalue weighted by Crippen LogP contribution is -2.43. The lowest BCUT2D eigenvalue weighted by Gasteiger charge is -2.27. The summed E-state index contributed by atoms with van der Waals surface area (Å²) in [5.41, 5.74) is 5.97. The quantitative estimate of drug-likeness (QED) is 0.892. The molecule has 3 N–H and O–H groups in total. The van der Waals surface area contributed by atoms with Crippen LogP contribution in [-0.4, -0.2) is 36.1 Å². The van der Waals surface area contributed by atoms with E-state index in [1.165, 1.54) is 0 Å². The number of anilines is 1. The Hall–Kier alpha value is -1.33. The van der Waals surface area contributed by atoms with Gasteiger partial charge < -0.3 is 16.0 Å². The number of nitrogens with zero attached hydrogens (tertiary/aromatic N) is 2. The lowest BCUT2D eigenvalue weighted by molar-refractivity contribution is -0.126. The second kappa shape index (κ2) is 6.84. The summed E-state index contributed by atoms with van der Waals surface area (Å²) in [7, 11) is 0. The molecule has 22 heavy (non-hydrogen) atoms. The molecule has 0 aromatic carbocycles. The third kappa shape index (κ3) is 3.52. The number of aromatic nitrogens is 1. The highest BCUT2D eigenvalue weighted by Gasteiger charge is 2.30. The molecule has 0 spiro atoms. The zero-order valence-corrected chi connectivity index (χ0v) is 13.4. The van der Waals surface area contributed by atoms with Crippen molar-refractivity contribution < 1.29 is 4.79 Å². The number of carbonyl (C=O) groups is 1. The Morgan fingerprint density at radius 1 is 1.41 bits per heavy atom. The van der Waals surface area contributed by atoms with Crippen molar-refractivity contribution in [2.75, 3.05) is 18.0 Å². The Morgan fingerprint density at radius 2 is 2.27 bits per heavy atom. The van der Waals surface area contributed by atoms with E-state index in [0.717, 1.165) is 51.0 Å². The van der Waals surface area contributed by atoms with Crippen molar-refractivity contribution in [2.24, 2.45) is 11.7 Å². The van der Waals surface area contributed by atoms with Crippen LogP contribution in [0.2, 0.25) is 5.02 Å².